The molecule has 136 valence electrons. The van der Waals surface area contributed by atoms with Gasteiger partial charge in [-0.1, -0.05) is 22.0 Å². The van der Waals surface area contributed by atoms with Crippen LogP contribution in [0.1, 0.15) is 5.56 Å². The molecule has 1 amide bonds. The molecule has 0 aliphatic rings. The number of phenolic OH excluding ortho intramolecular Hbond substituents is 1. The lowest BCUT2D eigenvalue weighted by Gasteiger charge is -2.10. The number of phenols is 1. The number of rotatable bonds is 7. The minimum atomic E-state index is -0.718. The van der Waals surface area contributed by atoms with Crippen LogP contribution < -0.4 is 14.9 Å². The summed E-state index contributed by atoms with van der Waals surface area (Å²) in [5.41, 5.74) is 1.84. The molecule has 0 saturated carbocycles. The number of hydrogen-bond acceptors (Lipinski definition) is 7. The van der Waals surface area contributed by atoms with Gasteiger partial charge in [0.1, 0.15) is 0 Å². The molecular weight excluding hydrogens is 410 g/mol. The second kappa shape index (κ2) is 8.81. The molecule has 0 heterocycles. The predicted molar refractivity (Wildman–Crippen MR) is 96.7 cm³/mol. The van der Waals surface area contributed by atoms with Crippen molar-refractivity contribution in [3.8, 4) is 17.2 Å². The minimum absolute atomic E-state index is 0.0926. The van der Waals surface area contributed by atoms with Crippen molar-refractivity contribution in [1.82, 2.24) is 5.43 Å². The number of nitro groups is 1. The average molecular weight is 424 g/mol. The molecule has 2 rings (SSSR count). The van der Waals surface area contributed by atoms with E-state index in [0.29, 0.717) is 11.5 Å². The highest BCUT2D eigenvalue weighted by atomic mass is 79.9. The third-order valence-corrected chi connectivity index (χ3v) is 3.61. The summed E-state index contributed by atoms with van der Waals surface area (Å²) in [5, 5.41) is 24.2. The molecule has 2 N–H and O–H groups in total. The molecule has 9 nitrogen and oxygen atoms in total. The molecule has 0 aliphatic carbocycles. The number of carbonyl (C=O) groups is 1. The van der Waals surface area contributed by atoms with Crippen molar-refractivity contribution in [3.63, 3.8) is 0 Å². The van der Waals surface area contributed by atoms with Gasteiger partial charge in [0.2, 0.25) is 5.75 Å². The fraction of sp³-hybridized carbons (Fsp3) is 0.125. The van der Waals surface area contributed by atoms with Crippen LogP contribution in [0.25, 0.3) is 0 Å². The average Bonchev–Trinajstić information content (AvgIpc) is 2.61. The fourth-order valence-corrected chi connectivity index (χ4v) is 2.25. The van der Waals surface area contributed by atoms with Crippen LogP contribution in [-0.4, -0.2) is 35.9 Å². The second-order valence-electron chi connectivity index (χ2n) is 4.85. The van der Waals surface area contributed by atoms with Crippen LogP contribution in [0.4, 0.5) is 5.69 Å². The van der Waals surface area contributed by atoms with Gasteiger partial charge < -0.3 is 14.6 Å². The third-order valence-electron chi connectivity index (χ3n) is 3.12. The van der Waals surface area contributed by atoms with Crippen LogP contribution in [0, 0.1) is 10.1 Å². The summed E-state index contributed by atoms with van der Waals surface area (Å²) in [6.45, 7) is -0.323. The standard InChI is InChI=1S/C16H14BrN3O6/c1-25-14-7-11(17)5-6-13(14)26-9-15(21)19-18-8-10-3-2-4-12(16(10)22)20(23)24/h2-8,22H,9H2,1H3,(H,19,21)/b18-8-. The first kappa shape index (κ1) is 19.2. The van der Waals surface area contributed by atoms with E-state index in [1.165, 1.54) is 19.2 Å². The van der Waals surface area contributed by atoms with Crippen LogP contribution >= 0.6 is 15.9 Å². The number of amides is 1. The first-order valence-corrected chi connectivity index (χ1v) is 7.96. The van der Waals surface area contributed by atoms with Crippen LogP contribution in [-0.2, 0) is 4.79 Å². The number of carbonyl (C=O) groups excluding carboxylic acids is 1. The maximum Gasteiger partial charge on any atom is 0.311 e. The SMILES string of the molecule is COc1cc(Br)ccc1OCC(=O)N/N=C\c1cccc([N+](=O)[O-])c1O. The molecule has 0 bridgehead atoms. The summed E-state index contributed by atoms with van der Waals surface area (Å²) in [6, 6.07) is 9.03. The van der Waals surface area contributed by atoms with E-state index < -0.39 is 22.3 Å². The number of para-hydroxylation sites is 1. The van der Waals surface area contributed by atoms with E-state index in [4.69, 9.17) is 9.47 Å². The zero-order chi connectivity index (χ0) is 19.1. The number of benzene rings is 2. The first-order chi connectivity index (χ1) is 12.4. The van der Waals surface area contributed by atoms with Crippen LogP contribution in [0.2, 0.25) is 0 Å². The van der Waals surface area contributed by atoms with Gasteiger partial charge in [-0.3, -0.25) is 14.9 Å². The van der Waals surface area contributed by atoms with E-state index in [1.807, 2.05) is 0 Å². The molecule has 0 spiro atoms. The Hall–Kier alpha value is -3.14. The van der Waals surface area contributed by atoms with Gasteiger partial charge in [0.25, 0.3) is 5.91 Å². The molecule has 0 radical (unpaired) electrons. The van der Waals surface area contributed by atoms with Crippen LogP contribution in [0.15, 0.2) is 46.0 Å². The maximum atomic E-state index is 11.8. The van der Waals surface area contributed by atoms with E-state index in [0.717, 1.165) is 16.8 Å². The molecular formula is C16H14BrN3O6. The number of nitrogens with zero attached hydrogens (tertiary/aromatic N) is 2. The Bertz CT molecular complexity index is 856. The molecule has 0 aromatic heterocycles. The molecule has 2 aromatic carbocycles. The van der Waals surface area contributed by atoms with Crippen molar-refractivity contribution in [2.75, 3.05) is 13.7 Å². The molecule has 0 atom stereocenters. The van der Waals surface area contributed by atoms with Crippen LogP contribution in [0.3, 0.4) is 0 Å². The maximum absolute atomic E-state index is 11.8. The summed E-state index contributed by atoms with van der Waals surface area (Å²) >= 11 is 3.30. The molecule has 0 fully saturated rings. The monoisotopic (exact) mass is 423 g/mol. The fourth-order valence-electron chi connectivity index (χ4n) is 1.91. The Balaban J connectivity index is 1.94. The van der Waals surface area contributed by atoms with E-state index in [9.17, 15) is 20.0 Å². The number of nitrogens with one attached hydrogen (secondary N) is 1. The van der Waals surface area contributed by atoms with Gasteiger partial charge in [-0.05, 0) is 24.3 Å². The van der Waals surface area contributed by atoms with Crippen molar-refractivity contribution in [3.05, 3.63) is 56.5 Å². The highest BCUT2D eigenvalue weighted by Gasteiger charge is 2.15. The lowest BCUT2D eigenvalue weighted by molar-refractivity contribution is -0.385. The predicted octanol–water partition coefficient (Wildman–Crippen LogP) is 2.60. The minimum Gasteiger partial charge on any atom is -0.502 e. The lowest BCUT2D eigenvalue weighted by atomic mass is 10.2. The van der Waals surface area contributed by atoms with Gasteiger partial charge in [0.05, 0.1) is 18.2 Å². The Morgan fingerprint density at radius 2 is 2.15 bits per heavy atom. The number of nitro benzene ring substituents is 1. The Morgan fingerprint density at radius 1 is 1.38 bits per heavy atom. The number of halogens is 1. The van der Waals surface area contributed by atoms with Gasteiger partial charge in [-0.25, -0.2) is 5.43 Å². The van der Waals surface area contributed by atoms with Crippen LogP contribution in [0.5, 0.6) is 17.2 Å². The van der Waals surface area contributed by atoms with E-state index in [-0.39, 0.29) is 12.2 Å². The summed E-state index contributed by atoms with van der Waals surface area (Å²) in [6.07, 6.45) is 1.10. The quantitative estimate of drug-likeness (QED) is 0.400. The zero-order valence-electron chi connectivity index (χ0n) is 13.5. The van der Waals surface area contributed by atoms with Crippen molar-refractivity contribution in [2.24, 2.45) is 5.10 Å². The Morgan fingerprint density at radius 3 is 2.85 bits per heavy atom. The number of hydrazone groups is 1. The smallest absolute Gasteiger partial charge is 0.311 e. The highest BCUT2D eigenvalue weighted by Crippen LogP contribution is 2.30. The van der Waals surface area contributed by atoms with Gasteiger partial charge in [0.15, 0.2) is 18.1 Å². The first-order valence-electron chi connectivity index (χ1n) is 7.17. The topological polar surface area (TPSA) is 123 Å². The third kappa shape index (κ3) is 4.93. The van der Waals surface area contributed by atoms with Crippen molar-refractivity contribution < 1.29 is 24.3 Å². The summed E-state index contributed by atoms with van der Waals surface area (Å²) in [7, 11) is 1.48. The number of methoxy groups -OCH3 is 1. The number of ether oxygens (including phenoxy) is 2. The van der Waals surface area contributed by atoms with Gasteiger partial charge in [-0.2, -0.15) is 5.10 Å². The van der Waals surface area contributed by atoms with Crippen molar-refractivity contribution in [2.45, 2.75) is 0 Å². The van der Waals surface area contributed by atoms with E-state index in [2.05, 4.69) is 26.5 Å². The summed E-state index contributed by atoms with van der Waals surface area (Å²) in [4.78, 5) is 21.8. The van der Waals surface area contributed by atoms with Crippen molar-refractivity contribution in [1.29, 1.82) is 0 Å². The summed E-state index contributed by atoms with van der Waals surface area (Å²) in [5.74, 6) is -0.258. The molecule has 0 unspecified atom stereocenters. The molecule has 26 heavy (non-hydrogen) atoms. The highest BCUT2D eigenvalue weighted by molar-refractivity contribution is 9.10. The van der Waals surface area contributed by atoms with E-state index in [1.54, 1.807) is 18.2 Å². The van der Waals surface area contributed by atoms with Gasteiger partial charge in [0, 0.05) is 16.1 Å². The molecule has 2 aromatic rings. The van der Waals surface area contributed by atoms with Crippen molar-refractivity contribution >= 4 is 33.7 Å². The van der Waals surface area contributed by atoms with Gasteiger partial charge >= 0.3 is 5.69 Å². The Kier molecular flexibility index (Phi) is 6.50. The summed E-state index contributed by atoms with van der Waals surface area (Å²) < 4.78 is 11.3. The molecule has 0 aliphatic heterocycles. The number of aromatic hydroxyl groups is 1. The second-order valence-corrected chi connectivity index (χ2v) is 5.76. The lowest BCUT2D eigenvalue weighted by Crippen LogP contribution is -2.24. The largest absolute Gasteiger partial charge is 0.502 e. The van der Waals surface area contributed by atoms with E-state index >= 15 is 0 Å². The Labute approximate surface area is 156 Å². The van der Waals surface area contributed by atoms with Gasteiger partial charge in [-0.15, -0.1) is 0 Å². The normalized spacial score (nSPS) is 10.5. The molecule has 0 saturated heterocycles. The number of hydrogen-bond donors (Lipinski definition) is 2. The zero-order valence-corrected chi connectivity index (χ0v) is 15.1. The molecule has 10 heteroatoms.